The van der Waals surface area contributed by atoms with E-state index in [1.807, 2.05) is 0 Å². The second-order valence-corrected chi connectivity index (χ2v) is 5.83. The first kappa shape index (κ1) is 16.8. The van der Waals surface area contributed by atoms with Gasteiger partial charge in [-0.05, 0) is 43.0 Å². The van der Waals surface area contributed by atoms with Crippen LogP contribution in [0, 0.1) is 11.8 Å². The third-order valence-corrected chi connectivity index (χ3v) is 4.24. The molecule has 0 unspecified atom stereocenters. The highest BCUT2D eigenvalue weighted by Gasteiger charge is 2.44. The Balaban J connectivity index is 1.89. The van der Waals surface area contributed by atoms with E-state index in [0.29, 0.717) is 25.9 Å². The molecule has 1 aliphatic rings. The molecule has 2 rings (SSSR count). The van der Waals surface area contributed by atoms with Gasteiger partial charge in [0, 0.05) is 6.54 Å². The third kappa shape index (κ3) is 4.47. The van der Waals surface area contributed by atoms with Crippen molar-refractivity contribution in [3.05, 3.63) is 35.4 Å². The molecule has 0 heterocycles. The predicted molar refractivity (Wildman–Crippen MR) is 76.6 cm³/mol. The molecule has 2 atom stereocenters. The number of rotatable bonds is 5. The normalized spacial score (nSPS) is 22.5. The van der Waals surface area contributed by atoms with Gasteiger partial charge in [0.25, 0.3) is 0 Å². The van der Waals surface area contributed by atoms with Gasteiger partial charge < -0.3 is 10.4 Å². The monoisotopic (exact) mass is 315 g/mol. The molecule has 122 valence electrons. The average molecular weight is 315 g/mol. The molecular weight excluding hydrogens is 295 g/mol. The van der Waals surface area contributed by atoms with Crippen molar-refractivity contribution >= 4 is 5.97 Å². The fourth-order valence-corrected chi connectivity index (χ4v) is 3.10. The molecule has 0 aromatic heterocycles. The van der Waals surface area contributed by atoms with Gasteiger partial charge in [-0.25, -0.2) is 4.79 Å². The van der Waals surface area contributed by atoms with E-state index in [1.165, 1.54) is 12.1 Å². The van der Waals surface area contributed by atoms with Gasteiger partial charge in [-0.1, -0.05) is 25.0 Å². The molecule has 6 heteroatoms. The zero-order valence-electron chi connectivity index (χ0n) is 12.2. The number of nitrogens with one attached hydrogen (secondary N) is 1. The van der Waals surface area contributed by atoms with Crippen LogP contribution < -0.4 is 5.32 Å². The van der Waals surface area contributed by atoms with E-state index in [-0.39, 0.29) is 12.0 Å². The van der Waals surface area contributed by atoms with Crippen LogP contribution in [0.4, 0.5) is 13.2 Å². The standard InChI is InChI=1S/C16H20F3NO2/c17-16(18,19)14-7-2-1-5-13(14)10-20-9-11-4-3-6-12(8-11)15(21)22/h3-4,6,8,13-14,20H,1-2,5,7,9-10H2,(H,21,22)/t13-,14-/m1/s1. The van der Waals surface area contributed by atoms with Gasteiger partial charge in [-0.3, -0.25) is 0 Å². The van der Waals surface area contributed by atoms with Crippen LogP contribution in [0.2, 0.25) is 0 Å². The van der Waals surface area contributed by atoms with Crippen molar-refractivity contribution in [2.75, 3.05) is 6.54 Å². The Labute approximate surface area is 127 Å². The summed E-state index contributed by atoms with van der Waals surface area (Å²) >= 11 is 0. The summed E-state index contributed by atoms with van der Waals surface area (Å²) in [7, 11) is 0. The fraction of sp³-hybridized carbons (Fsp3) is 0.562. The Kier molecular flexibility index (Phi) is 5.45. The molecule has 1 aliphatic carbocycles. The predicted octanol–water partition coefficient (Wildman–Crippen LogP) is 3.84. The van der Waals surface area contributed by atoms with Crippen molar-refractivity contribution in [3.8, 4) is 0 Å². The van der Waals surface area contributed by atoms with E-state index < -0.39 is 24.0 Å². The summed E-state index contributed by atoms with van der Waals surface area (Å²) in [6.07, 6.45) is -1.85. The number of alkyl halides is 3. The number of hydrogen-bond donors (Lipinski definition) is 2. The van der Waals surface area contributed by atoms with E-state index in [2.05, 4.69) is 5.32 Å². The van der Waals surface area contributed by atoms with E-state index in [9.17, 15) is 18.0 Å². The molecule has 0 bridgehead atoms. The Morgan fingerprint density at radius 1 is 1.27 bits per heavy atom. The fourth-order valence-electron chi connectivity index (χ4n) is 3.10. The molecule has 1 aromatic carbocycles. The van der Waals surface area contributed by atoms with Crippen molar-refractivity contribution < 1.29 is 23.1 Å². The number of aromatic carboxylic acids is 1. The second kappa shape index (κ2) is 7.13. The summed E-state index contributed by atoms with van der Waals surface area (Å²) in [5.41, 5.74) is 0.949. The molecule has 0 aliphatic heterocycles. The molecule has 0 amide bonds. The maximum Gasteiger partial charge on any atom is 0.392 e. The molecule has 2 N–H and O–H groups in total. The highest BCUT2D eigenvalue weighted by atomic mass is 19.4. The first-order chi connectivity index (χ1) is 10.4. The van der Waals surface area contributed by atoms with Crippen LogP contribution in [0.5, 0.6) is 0 Å². The van der Waals surface area contributed by atoms with Crippen molar-refractivity contribution in [1.82, 2.24) is 5.32 Å². The van der Waals surface area contributed by atoms with Gasteiger partial charge >= 0.3 is 12.1 Å². The van der Waals surface area contributed by atoms with Gasteiger partial charge in [0.1, 0.15) is 0 Å². The third-order valence-electron chi connectivity index (χ3n) is 4.24. The molecule has 22 heavy (non-hydrogen) atoms. The number of carbonyl (C=O) groups is 1. The Bertz CT molecular complexity index is 516. The van der Waals surface area contributed by atoms with Crippen LogP contribution in [-0.2, 0) is 6.54 Å². The maximum absolute atomic E-state index is 13.0. The van der Waals surface area contributed by atoms with E-state index in [0.717, 1.165) is 12.0 Å². The summed E-state index contributed by atoms with van der Waals surface area (Å²) in [4.78, 5) is 10.9. The smallest absolute Gasteiger partial charge is 0.392 e. The van der Waals surface area contributed by atoms with E-state index in [1.54, 1.807) is 12.1 Å². The second-order valence-electron chi connectivity index (χ2n) is 5.83. The number of halogens is 3. The van der Waals surface area contributed by atoms with Gasteiger partial charge in [0.2, 0.25) is 0 Å². The van der Waals surface area contributed by atoms with Gasteiger partial charge in [-0.2, -0.15) is 13.2 Å². The number of benzene rings is 1. The molecule has 1 aromatic rings. The van der Waals surface area contributed by atoms with Crippen LogP contribution in [0.1, 0.15) is 41.6 Å². The summed E-state index contributed by atoms with van der Waals surface area (Å²) in [6.45, 7) is 0.684. The number of carboxylic acid groups (broad SMARTS) is 1. The van der Waals surface area contributed by atoms with Crippen LogP contribution in [0.15, 0.2) is 24.3 Å². The molecular formula is C16H20F3NO2. The van der Waals surface area contributed by atoms with Crippen molar-refractivity contribution in [3.63, 3.8) is 0 Å². The molecule has 1 saturated carbocycles. The lowest BCUT2D eigenvalue weighted by molar-refractivity contribution is -0.195. The van der Waals surface area contributed by atoms with Crippen molar-refractivity contribution in [2.45, 2.75) is 38.4 Å². The topological polar surface area (TPSA) is 49.3 Å². The SMILES string of the molecule is O=C(O)c1cccc(CNC[C@H]2CCCC[C@H]2C(F)(F)F)c1. The minimum atomic E-state index is -4.13. The van der Waals surface area contributed by atoms with Crippen molar-refractivity contribution in [1.29, 1.82) is 0 Å². The number of carboxylic acids is 1. The van der Waals surface area contributed by atoms with Gasteiger partial charge in [-0.15, -0.1) is 0 Å². The minimum Gasteiger partial charge on any atom is -0.478 e. The lowest BCUT2D eigenvalue weighted by Gasteiger charge is -2.33. The lowest BCUT2D eigenvalue weighted by atomic mass is 9.78. The maximum atomic E-state index is 13.0. The van der Waals surface area contributed by atoms with Crippen LogP contribution in [0.25, 0.3) is 0 Å². The van der Waals surface area contributed by atoms with Gasteiger partial charge in [0.15, 0.2) is 0 Å². The van der Waals surface area contributed by atoms with E-state index in [4.69, 9.17) is 5.11 Å². The highest BCUT2D eigenvalue weighted by Crippen LogP contribution is 2.41. The molecule has 0 radical (unpaired) electrons. The summed E-state index contributed by atoms with van der Waals surface area (Å²) in [5.74, 6) is -2.62. The van der Waals surface area contributed by atoms with Crippen molar-refractivity contribution in [2.24, 2.45) is 11.8 Å². The molecule has 1 fully saturated rings. The number of hydrogen-bond acceptors (Lipinski definition) is 2. The van der Waals surface area contributed by atoms with Crippen LogP contribution in [0.3, 0.4) is 0 Å². The minimum absolute atomic E-state index is 0.185. The first-order valence-corrected chi connectivity index (χ1v) is 7.47. The lowest BCUT2D eigenvalue weighted by Crippen LogP contribution is -2.38. The Morgan fingerprint density at radius 2 is 2.00 bits per heavy atom. The Hall–Kier alpha value is -1.56. The summed E-state index contributed by atoms with van der Waals surface area (Å²) in [5, 5.41) is 12.0. The average Bonchev–Trinajstić information content (AvgIpc) is 2.47. The zero-order valence-corrected chi connectivity index (χ0v) is 12.2. The largest absolute Gasteiger partial charge is 0.478 e. The summed E-state index contributed by atoms with van der Waals surface area (Å²) < 4.78 is 39.0. The quantitative estimate of drug-likeness (QED) is 0.868. The van der Waals surface area contributed by atoms with Crippen LogP contribution >= 0.6 is 0 Å². The van der Waals surface area contributed by atoms with Gasteiger partial charge in [0.05, 0.1) is 11.5 Å². The highest BCUT2D eigenvalue weighted by molar-refractivity contribution is 5.87. The molecule has 0 spiro atoms. The summed E-state index contributed by atoms with van der Waals surface area (Å²) in [6, 6.07) is 6.44. The van der Waals surface area contributed by atoms with E-state index >= 15 is 0 Å². The molecule has 3 nitrogen and oxygen atoms in total. The Morgan fingerprint density at radius 3 is 2.68 bits per heavy atom. The zero-order chi connectivity index (χ0) is 16.2. The molecule has 0 saturated heterocycles. The first-order valence-electron chi connectivity index (χ1n) is 7.47. The van der Waals surface area contributed by atoms with Crippen LogP contribution in [-0.4, -0.2) is 23.8 Å².